The summed E-state index contributed by atoms with van der Waals surface area (Å²) in [6, 6.07) is 8.66. The summed E-state index contributed by atoms with van der Waals surface area (Å²) in [6.07, 6.45) is 2.38. The molecular weight excluding hydrogens is 310 g/mol. The molecule has 0 radical (unpaired) electrons. The molecule has 0 atom stereocenters. The van der Waals surface area contributed by atoms with Crippen LogP contribution in [0.4, 0.5) is 5.69 Å². The van der Waals surface area contributed by atoms with Gasteiger partial charge < -0.3 is 10.6 Å². The Morgan fingerprint density at radius 2 is 1.78 bits per heavy atom. The van der Waals surface area contributed by atoms with E-state index < -0.39 is 5.91 Å². The van der Waals surface area contributed by atoms with Crippen LogP contribution in [0.1, 0.15) is 41.0 Å². The predicted octanol–water partition coefficient (Wildman–Crippen LogP) is 4.49. The van der Waals surface area contributed by atoms with Crippen molar-refractivity contribution in [1.29, 1.82) is 5.26 Å². The Hall–Kier alpha value is -1.99. The van der Waals surface area contributed by atoms with Gasteiger partial charge >= 0.3 is 0 Å². The van der Waals surface area contributed by atoms with Crippen molar-refractivity contribution in [2.45, 2.75) is 46.6 Å². The molecule has 2 N–H and O–H groups in total. The maximum absolute atomic E-state index is 12.2. The zero-order valence-electron chi connectivity index (χ0n) is 14.3. The normalized spacial score (nSPS) is 12.5. The second-order valence-electron chi connectivity index (χ2n) is 7.40. The molecule has 0 aliphatic rings. The van der Waals surface area contributed by atoms with Crippen molar-refractivity contribution in [1.82, 2.24) is 5.32 Å². The predicted molar refractivity (Wildman–Crippen MR) is 95.1 cm³/mol. The number of nitriles is 1. The fourth-order valence-corrected chi connectivity index (χ4v) is 2.65. The van der Waals surface area contributed by atoms with Gasteiger partial charge in [-0.2, -0.15) is 5.26 Å². The van der Waals surface area contributed by atoms with Crippen LogP contribution in [0, 0.1) is 16.7 Å². The van der Waals surface area contributed by atoms with Gasteiger partial charge in [-0.15, -0.1) is 0 Å². The summed E-state index contributed by atoms with van der Waals surface area (Å²) in [6.45, 7) is 10.5. The SMILES string of the molecule is CC(C)(C)CC(C)(C)N/C=C(/C#N)C(=O)Nc1ccc(Cl)cc1. The van der Waals surface area contributed by atoms with Crippen LogP contribution < -0.4 is 10.6 Å². The molecule has 0 aliphatic heterocycles. The van der Waals surface area contributed by atoms with Crippen LogP contribution in [0.3, 0.4) is 0 Å². The van der Waals surface area contributed by atoms with Gasteiger partial charge in [0.1, 0.15) is 11.6 Å². The van der Waals surface area contributed by atoms with Crippen molar-refractivity contribution in [2.75, 3.05) is 5.32 Å². The third-order valence-electron chi connectivity index (χ3n) is 3.05. The van der Waals surface area contributed by atoms with Gasteiger partial charge in [0.15, 0.2) is 0 Å². The van der Waals surface area contributed by atoms with E-state index in [9.17, 15) is 10.1 Å². The minimum Gasteiger partial charge on any atom is -0.385 e. The Morgan fingerprint density at radius 1 is 1.22 bits per heavy atom. The molecule has 1 amide bonds. The lowest BCUT2D eigenvalue weighted by Crippen LogP contribution is -2.39. The highest BCUT2D eigenvalue weighted by Crippen LogP contribution is 2.26. The van der Waals surface area contributed by atoms with Crippen LogP contribution in [0.15, 0.2) is 36.0 Å². The molecule has 0 spiro atoms. The molecule has 5 heteroatoms. The Morgan fingerprint density at radius 3 is 2.26 bits per heavy atom. The molecule has 4 nitrogen and oxygen atoms in total. The Labute approximate surface area is 143 Å². The number of anilines is 1. The highest BCUT2D eigenvalue weighted by atomic mass is 35.5. The molecule has 1 aromatic rings. The van der Waals surface area contributed by atoms with Crippen molar-refractivity contribution in [3.8, 4) is 6.07 Å². The summed E-state index contributed by atoms with van der Waals surface area (Å²) in [4.78, 5) is 12.2. The topological polar surface area (TPSA) is 64.9 Å². The summed E-state index contributed by atoms with van der Waals surface area (Å²) >= 11 is 5.80. The number of carbonyl (C=O) groups excluding carboxylic acids is 1. The number of hydrogen-bond acceptors (Lipinski definition) is 3. The lowest BCUT2D eigenvalue weighted by molar-refractivity contribution is -0.112. The van der Waals surface area contributed by atoms with Gasteiger partial charge in [0, 0.05) is 22.4 Å². The lowest BCUT2D eigenvalue weighted by Gasteiger charge is -2.33. The van der Waals surface area contributed by atoms with Gasteiger partial charge in [-0.25, -0.2) is 0 Å². The molecule has 0 bridgehead atoms. The van der Waals surface area contributed by atoms with Crippen molar-refractivity contribution < 1.29 is 4.79 Å². The fourth-order valence-electron chi connectivity index (χ4n) is 2.52. The van der Waals surface area contributed by atoms with Gasteiger partial charge in [-0.3, -0.25) is 4.79 Å². The second kappa shape index (κ2) is 7.52. The largest absolute Gasteiger partial charge is 0.385 e. The Balaban J connectivity index is 2.77. The van der Waals surface area contributed by atoms with Crippen molar-refractivity contribution in [3.63, 3.8) is 0 Å². The molecule has 0 fully saturated rings. The number of halogens is 1. The van der Waals surface area contributed by atoms with Gasteiger partial charge in [0.25, 0.3) is 5.91 Å². The Bertz CT molecular complexity index is 619. The monoisotopic (exact) mass is 333 g/mol. The molecule has 0 saturated heterocycles. The first-order valence-electron chi connectivity index (χ1n) is 7.47. The number of nitrogens with one attached hydrogen (secondary N) is 2. The summed E-state index contributed by atoms with van der Waals surface area (Å²) in [5.41, 5.74) is 0.542. The first-order valence-corrected chi connectivity index (χ1v) is 7.85. The van der Waals surface area contributed by atoms with E-state index in [1.807, 2.05) is 19.9 Å². The van der Waals surface area contributed by atoms with E-state index in [4.69, 9.17) is 11.6 Å². The van der Waals surface area contributed by atoms with E-state index >= 15 is 0 Å². The summed E-state index contributed by atoms with van der Waals surface area (Å²) in [5, 5.41) is 15.6. The van der Waals surface area contributed by atoms with E-state index in [0.29, 0.717) is 10.7 Å². The van der Waals surface area contributed by atoms with Crippen LogP contribution >= 0.6 is 11.6 Å². The van der Waals surface area contributed by atoms with Crippen LogP contribution in [-0.4, -0.2) is 11.4 Å². The molecule has 0 unspecified atom stereocenters. The summed E-state index contributed by atoms with van der Waals surface area (Å²) in [7, 11) is 0. The van der Waals surface area contributed by atoms with Crippen molar-refractivity contribution >= 4 is 23.2 Å². The van der Waals surface area contributed by atoms with E-state index in [2.05, 4.69) is 31.4 Å². The van der Waals surface area contributed by atoms with Crippen LogP contribution in [-0.2, 0) is 4.79 Å². The molecule has 0 aromatic heterocycles. The number of rotatable bonds is 5. The third kappa shape index (κ3) is 7.21. The minimum atomic E-state index is -0.450. The molecule has 0 saturated carbocycles. The molecule has 23 heavy (non-hydrogen) atoms. The van der Waals surface area contributed by atoms with Crippen LogP contribution in [0.25, 0.3) is 0 Å². The lowest BCUT2D eigenvalue weighted by atomic mass is 9.82. The van der Waals surface area contributed by atoms with E-state index in [0.717, 1.165) is 6.42 Å². The highest BCUT2D eigenvalue weighted by Gasteiger charge is 2.24. The number of amides is 1. The minimum absolute atomic E-state index is 0.0296. The van der Waals surface area contributed by atoms with Gasteiger partial charge in [0.05, 0.1) is 0 Å². The smallest absolute Gasteiger partial charge is 0.267 e. The van der Waals surface area contributed by atoms with Gasteiger partial charge in [0.2, 0.25) is 0 Å². The number of carbonyl (C=O) groups is 1. The average molecular weight is 334 g/mol. The van der Waals surface area contributed by atoms with Crippen molar-refractivity contribution in [3.05, 3.63) is 41.1 Å². The van der Waals surface area contributed by atoms with Crippen molar-refractivity contribution in [2.24, 2.45) is 5.41 Å². The molecule has 0 heterocycles. The zero-order chi connectivity index (χ0) is 17.7. The molecular formula is C18H24ClN3O. The van der Waals surface area contributed by atoms with E-state index in [1.54, 1.807) is 24.3 Å². The highest BCUT2D eigenvalue weighted by molar-refractivity contribution is 6.30. The van der Waals surface area contributed by atoms with E-state index in [1.165, 1.54) is 6.20 Å². The first kappa shape index (κ1) is 19.1. The quantitative estimate of drug-likeness (QED) is 0.616. The zero-order valence-corrected chi connectivity index (χ0v) is 15.1. The summed E-state index contributed by atoms with van der Waals surface area (Å²) < 4.78 is 0. The molecule has 0 aliphatic carbocycles. The number of nitrogens with zero attached hydrogens (tertiary/aromatic N) is 1. The standard InChI is InChI=1S/C18H24ClN3O/c1-17(2,3)12-18(4,5)21-11-13(10-20)16(23)22-15-8-6-14(19)7-9-15/h6-9,11,21H,12H2,1-5H3,(H,22,23)/b13-11-. The van der Waals surface area contributed by atoms with Crippen LogP contribution in [0.2, 0.25) is 5.02 Å². The maximum Gasteiger partial charge on any atom is 0.267 e. The Kier molecular flexibility index (Phi) is 6.23. The van der Waals surface area contributed by atoms with Gasteiger partial charge in [-0.1, -0.05) is 32.4 Å². The first-order chi connectivity index (χ1) is 10.5. The molecule has 124 valence electrons. The maximum atomic E-state index is 12.2. The number of benzene rings is 1. The van der Waals surface area contributed by atoms with E-state index in [-0.39, 0.29) is 16.5 Å². The van der Waals surface area contributed by atoms with Crippen LogP contribution in [0.5, 0.6) is 0 Å². The molecule has 1 rings (SSSR count). The third-order valence-corrected chi connectivity index (χ3v) is 3.30. The average Bonchev–Trinajstić information content (AvgIpc) is 2.39. The van der Waals surface area contributed by atoms with Gasteiger partial charge in [-0.05, 0) is 49.9 Å². The number of hydrogen-bond donors (Lipinski definition) is 2. The second-order valence-corrected chi connectivity index (χ2v) is 7.83. The summed E-state index contributed by atoms with van der Waals surface area (Å²) in [5.74, 6) is -0.450. The molecule has 1 aromatic carbocycles. The fraction of sp³-hybridized carbons (Fsp3) is 0.444.